The minimum Gasteiger partial charge on any atom is -0.206 e. The van der Waals surface area contributed by atoms with Gasteiger partial charge in [-0.3, -0.25) is 0 Å². The highest BCUT2D eigenvalue weighted by Crippen LogP contribution is 2.14. The minimum absolute atomic E-state index is 0.0228. The third kappa shape index (κ3) is 3.03. The van der Waals surface area contributed by atoms with E-state index in [4.69, 9.17) is 5.53 Å². The molecule has 15 heavy (non-hydrogen) atoms. The van der Waals surface area contributed by atoms with E-state index in [2.05, 4.69) is 10.0 Å². The molecule has 0 unspecified atom stereocenters. The van der Waals surface area contributed by atoms with Gasteiger partial charge >= 0.3 is 0 Å². The number of azide groups is 1. The molecule has 3 nitrogen and oxygen atoms in total. The number of halogens is 3. The third-order valence-corrected chi connectivity index (χ3v) is 1.59. The Morgan fingerprint density at radius 2 is 1.87 bits per heavy atom. The Labute approximate surface area is 83.5 Å². The fourth-order valence-electron chi connectivity index (χ4n) is 0.929. The molecule has 0 saturated heterocycles. The average Bonchev–Trinajstić information content (AvgIpc) is 2.20. The lowest BCUT2D eigenvalue weighted by Gasteiger charge is -1.98. The molecule has 1 aromatic rings. The van der Waals surface area contributed by atoms with Gasteiger partial charge in [-0.2, -0.15) is 0 Å². The van der Waals surface area contributed by atoms with Crippen molar-refractivity contribution >= 4 is 6.08 Å². The first kappa shape index (κ1) is 11.1. The summed E-state index contributed by atoms with van der Waals surface area (Å²) < 4.78 is 38.2. The van der Waals surface area contributed by atoms with E-state index in [1.54, 1.807) is 0 Å². The standard InChI is InChI=1S/C9H6F3N3/c10-7-5-9(12)8(11)4-6(7)2-1-3-14-15-13/h1-2,4-5H,3H2. The summed E-state index contributed by atoms with van der Waals surface area (Å²) in [5.41, 5.74) is 7.84. The number of hydrogen-bond acceptors (Lipinski definition) is 1. The van der Waals surface area contributed by atoms with Crippen LogP contribution in [0.4, 0.5) is 13.2 Å². The van der Waals surface area contributed by atoms with E-state index in [1.165, 1.54) is 12.2 Å². The molecule has 0 heterocycles. The first-order chi connectivity index (χ1) is 7.15. The Morgan fingerprint density at radius 1 is 1.20 bits per heavy atom. The van der Waals surface area contributed by atoms with Gasteiger partial charge in [-0.1, -0.05) is 17.3 Å². The number of hydrogen-bond donors (Lipinski definition) is 0. The molecule has 0 N–H and O–H groups in total. The van der Waals surface area contributed by atoms with Crippen molar-refractivity contribution in [3.63, 3.8) is 0 Å². The summed E-state index contributed by atoms with van der Waals surface area (Å²) in [5, 5.41) is 3.16. The summed E-state index contributed by atoms with van der Waals surface area (Å²) in [6, 6.07) is 1.19. The predicted molar refractivity (Wildman–Crippen MR) is 49.4 cm³/mol. The first-order valence-electron chi connectivity index (χ1n) is 3.97. The third-order valence-electron chi connectivity index (χ3n) is 1.59. The Hall–Kier alpha value is -1.94. The van der Waals surface area contributed by atoms with Crippen LogP contribution in [-0.4, -0.2) is 6.54 Å². The number of benzene rings is 1. The second-order valence-electron chi connectivity index (χ2n) is 2.60. The maximum absolute atomic E-state index is 13.0. The van der Waals surface area contributed by atoms with E-state index in [0.29, 0.717) is 6.07 Å². The molecular weight excluding hydrogens is 207 g/mol. The fraction of sp³-hybridized carbons (Fsp3) is 0.111. The van der Waals surface area contributed by atoms with Crippen molar-refractivity contribution in [1.82, 2.24) is 0 Å². The Balaban J connectivity index is 2.90. The molecule has 0 fully saturated rings. The molecule has 0 radical (unpaired) electrons. The van der Waals surface area contributed by atoms with Crippen molar-refractivity contribution in [2.75, 3.05) is 6.54 Å². The molecule has 6 heteroatoms. The quantitative estimate of drug-likeness (QED) is 0.319. The maximum Gasteiger partial charge on any atom is 0.161 e. The van der Waals surface area contributed by atoms with Crippen LogP contribution in [0.15, 0.2) is 23.3 Å². The molecule has 0 amide bonds. The van der Waals surface area contributed by atoms with E-state index in [-0.39, 0.29) is 12.1 Å². The van der Waals surface area contributed by atoms with Crippen LogP contribution in [0.25, 0.3) is 16.5 Å². The lowest BCUT2D eigenvalue weighted by Crippen LogP contribution is -1.90. The summed E-state index contributed by atoms with van der Waals surface area (Å²) >= 11 is 0. The zero-order chi connectivity index (χ0) is 11.3. The molecule has 0 aliphatic heterocycles. The van der Waals surface area contributed by atoms with Crippen molar-refractivity contribution in [1.29, 1.82) is 0 Å². The molecule has 0 aliphatic rings. The molecule has 0 aromatic heterocycles. The molecule has 78 valence electrons. The van der Waals surface area contributed by atoms with Crippen LogP contribution < -0.4 is 0 Å². The average molecular weight is 213 g/mol. The summed E-state index contributed by atoms with van der Waals surface area (Å²) in [5.74, 6) is -3.23. The van der Waals surface area contributed by atoms with Crippen LogP contribution in [0.1, 0.15) is 5.56 Å². The fourth-order valence-corrected chi connectivity index (χ4v) is 0.929. The highest BCUT2D eigenvalue weighted by atomic mass is 19.2. The van der Waals surface area contributed by atoms with Crippen molar-refractivity contribution in [3.8, 4) is 0 Å². The second-order valence-corrected chi connectivity index (χ2v) is 2.60. The van der Waals surface area contributed by atoms with Crippen molar-refractivity contribution in [2.24, 2.45) is 5.11 Å². The highest BCUT2D eigenvalue weighted by Gasteiger charge is 2.06. The van der Waals surface area contributed by atoms with Gasteiger partial charge in [0.15, 0.2) is 11.6 Å². The monoisotopic (exact) mass is 213 g/mol. The first-order valence-corrected chi connectivity index (χ1v) is 3.97. The molecule has 0 bridgehead atoms. The van der Waals surface area contributed by atoms with Gasteiger partial charge in [0.1, 0.15) is 5.82 Å². The molecule has 0 aliphatic carbocycles. The van der Waals surface area contributed by atoms with Gasteiger partial charge in [0.2, 0.25) is 0 Å². The molecule has 0 spiro atoms. The van der Waals surface area contributed by atoms with Crippen molar-refractivity contribution in [2.45, 2.75) is 0 Å². The Morgan fingerprint density at radius 3 is 2.53 bits per heavy atom. The Bertz CT molecular complexity index is 436. The molecule has 1 aromatic carbocycles. The van der Waals surface area contributed by atoms with Crippen LogP contribution in [0, 0.1) is 17.5 Å². The lowest BCUT2D eigenvalue weighted by molar-refractivity contribution is 0.494. The molecule has 0 saturated carbocycles. The molecular formula is C9H6F3N3. The maximum atomic E-state index is 13.0. The van der Waals surface area contributed by atoms with Gasteiger partial charge in [0, 0.05) is 23.1 Å². The molecule has 1 rings (SSSR count). The normalized spacial score (nSPS) is 10.3. The summed E-state index contributed by atoms with van der Waals surface area (Å²) in [7, 11) is 0. The van der Waals surface area contributed by atoms with Gasteiger partial charge in [-0.25, -0.2) is 13.2 Å². The van der Waals surface area contributed by atoms with E-state index in [1.807, 2.05) is 0 Å². The van der Waals surface area contributed by atoms with Crippen LogP contribution in [0.3, 0.4) is 0 Å². The second kappa shape index (κ2) is 5.07. The molecule has 0 atom stereocenters. The summed E-state index contributed by atoms with van der Waals surface area (Å²) in [6.07, 6.45) is 2.56. The van der Waals surface area contributed by atoms with Crippen LogP contribution in [-0.2, 0) is 0 Å². The van der Waals surface area contributed by atoms with Crippen molar-refractivity contribution < 1.29 is 13.2 Å². The van der Waals surface area contributed by atoms with Crippen LogP contribution >= 0.6 is 0 Å². The van der Waals surface area contributed by atoms with Crippen LogP contribution in [0.5, 0.6) is 0 Å². The van der Waals surface area contributed by atoms with E-state index >= 15 is 0 Å². The highest BCUT2D eigenvalue weighted by molar-refractivity contribution is 5.50. The zero-order valence-electron chi connectivity index (χ0n) is 7.49. The summed E-state index contributed by atoms with van der Waals surface area (Å²) in [6.45, 7) is 0.0228. The van der Waals surface area contributed by atoms with Gasteiger partial charge in [-0.05, 0) is 11.6 Å². The van der Waals surface area contributed by atoms with Crippen molar-refractivity contribution in [3.05, 3.63) is 51.7 Å². The van der Waals surface area contributed by atoms with Gasteiger partial charge in [-0.15, -0.1) is 0 Å². The number of nitrogens with zero attached hydrogens (tertiary/aromatic N) is 3. The lowest BCUT2D eigenvalue weighted by atomic mass is 10.2. The van der Waals surface area contributed by atoms with Gasteiger partial charge in [0.05, 0.1) is 0 Å². The topological polar surface area (TPSA) is 48.8 Å². The Kier molecular flexibility index (Phi) is 3.76. The van der Waals surface area contributed by atoms with Gasteiger partial charge < -0.3 is 0 Å². The van der Waals surface area contributed by atoms with Crippen LogP contribution in [0.2, 0.25) is 0 Å². The van der Waals surface area contributed by atoms with E-state index < -0.39 is 17.5 Å². The minimum atomic E-state index is -1.24. The van der Waals surface area contributed by atoms with E-state index in [0.717, 1.165) is 6.07 Å². The SMILES string of the molecule is [N-]=[N+]=NCC=Cc1cc(F)c(F)cc1F. The largest absolute Gasteiger partial charge is 0.206 e. The van der Waals surface area contributed by atoms with E-state index in [9.17, 15) is 13.2 Å². The zero-order valence-corrected chi connectivity index (χ0v) is 7.49. The number of rotatable bonds is 3. The smallest absolute Gasteiger partial charge is 0.161 e. The van der Waals surface area contributed by atoms with Gasteiger partial charge in [0.25, 0.3) is 0 Å². The predicted octanol–water partition coefficient (Wildman–Crippen LogP) is 3.43. The summed E-state index contributed by atoms with van der Waals surface area (Å²) in [4.78, 5) is 2.47.